The second-order valence-corrected chi connectivity index (χ2v) is 6.20. The van der Waals surface area contributed by atoms with Crippen LogP contribution in [0, 0.1) is 0 Å². The van der Waals surface area contributed by atoms with E-state index in [1.807, 2.05) is 18.2 Å². The second kappa shape index (κ2) is 6.69. The first-order chi connectivity index (χ1) is 11.1. The van der Waals surface area contributed by atoms with E-state index in [-0.39, 0.29) is 0 Å². The minimum Gasteiger partial charge on any atom is -0.367 e. The normalized spacial score (nSPS) is 12.5. The van der Waals surface area contributed by atoms with Crippen LogP contribution in [0.2, 0.25) is 0 Å². The summed E-state index contributed by atoms with van der Waals surface area (Å²) >= 11 is 0. The van der Waals surface area contributed by atoms with Crippen LogP contribution in [0.1, 0.15) is 26.3 Å². The predicted octanol–water partition coefficient (Wildman–Crippen LogP) is 3.82. The Morgan fingerprint density at radius 1 is 1.09 bits per heavy atom. The first kappa shape index (κ1) is 15.3. The van der Waals surface area contributed by atoms with E-state index in [4.69, 9.17) is 0 Å². The number of aromatic nitrogens is 3. The van der Waals surface area contributed by atoms with E-state index in [0.717, 1.165) is 29.2 Å². The van der Waals surface area contributed by atoms with Gasteiger partial charge in [-0.1, -0.05) is 12.1 Å². The van der Waals surface area contributed by atoms with Gasteiger partial charge in [0.2, 0.25) is 5.95 Å². The molecule has 5 nitrogen and oxygen atoms in total. The first-order valence-corrected chi connectivity index (χ1v) is 8.03. The van der Waals surface area contributed by atoms with Crippen LogP contribution >= 0.6 is 0 Å². The van der Waals surface area contributed by atoms with Crippen molar-refractivity contribution in [2.75, 3.05) is 10.6 Å². The highest BCUT2D eigenvalue weighted by Gasteiger charge is 2.08. The number of nitrogens with one attached hydrogen (secondary N) is 3. The lowest BCUT2D eigenvalue weighted by Gasteiger charge is -2.14. The van der Waals surface area contributed by atoms with E-state index in [1.54, 1.807) is 6.20 Å². The summed E-state index contributed by atoms with van der Waals surface area (Å²) in [6.07, 6.45) is 2.73. The van der Waals surface area contributed by atoms with E-state index in [9.17, 15) is 0 Å². The number of anilines is 2. The number of fused-ring (bicyclic) bond motifs is 1. The quantitative estimate of drug-likeness (QED) is 0.647. The van der Waals surface area contributed by atoms with Gasteiger partial charge in [0.05, 0.1) is 11.0 Å². The second-order valence-electron chi connectivity index (χ2n) is 6.20. The lowest BCUT2D eigenvalue weighted by molar-refractivity contribution is 0.785. The number of nitrogens with zero attached hydrogens (tertiary/aromatic N) is 2. The van der Waals surface area contributed by atoms with Crippen LogP contribution in [0.25, 0.3) is 11.0 Å². The Kier molecular flexibility index (Phi) is 4.46. The molecule has 3 rings (SSSR count). The van der Waals surface area contributed by atoms with Crippen LogP contribution in [0.15, 0.2) is 42.6 Å². The van der Waals surface area contributed by atoms with Crippen molar-refractivity contribution in [3.8, 4) is 0 Å². The first-order valence-electron chi connectivity index (χ1n) is 8.03. The fourth-order valence-electron chi connectivity index (χ4n) is 2.63. The number of pyridine rings is 1. The van der Waals surface area contributed by atoms with E-state index >= 15 is 0 Å². The molecular formula is C18H23N5. The molecule has 0 aliphatic heterocycles. The van der Waals surface area contributed by atoms with Gasteiger partial charge in [-0.2, -0.15) is 0 Å². The molecule has 0 unspecified atom stereocenters. The van der Waals surface area contributed by atoms with E-state index in [1.165, 1.54) is 5.56 Å². The third kappa shape index (κ3) is 4.00. The molecule has 2 heterocycles. The maximum atomic E-state index is 4.55. The molecule has 0 bridgehead atoms. The van der Waals surface area contributed by atoms with Gasteiger partial charge in [0.1, 0.15) is 5.82 Å². The predicted molar refractivity (Wildman–Crippen MR) is 95.9 cm³/mol. The molecule has 0 spiro atoms. The Labute approximate surface area is 136 Å². The zero-order valence-electron chi connectivity index (χ0n) is 13.8. The van der Waals surface area contributed by atoms with Gasteiger partial charge in [-0.15, -0.1) is 0 Å². The summed E-state index contributed by atoms with van der Waals surface area (Å²) in [6, 6.07) is 12.9. The van der Waals surface area contributed by atoms with Gasteiger partial charge in [-0.05, 0) is 57.0 Å². The molecule has 0 aliphatic rings. The third-order valence-electron chi connectivity index (χ3n) is 3.57. The molecule has 3 aromatic rings. The lowest BCUT2D eigenvalue weighted by Crippen LogP contribution is -2.18. The van der Waals surface area contributed by atoms with Crippen LogP contribution in [-0.2, 0) is 6.42 Å². The van der Waals surface area contributed by atoms with Crippen molar-refractivity contribution in [2.24, 2.45) is 0 Å². The SMILES string of the molecule is CC(C)Nc1nc2ccc(C[C@H](C)Nc3ccccn3)cc2[nH]1. The topological polar surface area (TPSA) is 65.6 Å². The number of rotatable bonds is 6. The van der Waals surface area contributed by atoms with E-state index in [0.29, 0.717) is 12.1 Å². The maximum Gasteiger partial charge on any atom is 0.201 e. The smallest absolute Gasteiger partial charge is 0.201 e. The number of benzene rings is 1. The monoisotopic (exact) mass is 309 g/mol. The molecule has 0 saturated heterocycles. The average molecular weight is 309 g/mol. The van der Waals surface area contributed by atoms with Crippen molar-refractivity contribution in [3.05, 3.63) is 48.2 Å². The molecule has 0 amide bonds. The Hall–Kier alpha value is -2.56. The van der Waals surface area contributed by atoms with Crippen LogP contribution in [0.3, 0.4) is 0 Å². The molecule has 1 atom stereocenters. The summed E-state index contributed by atoms with van der Waals surface area (Å²) in [5.41, 5.74) is 3.33. The molecular weight excluding hydrogens is 286 g/mol. The molecule has 3 N–H and O–H groups in total. The number of H-pyrrole nitrogens is 1. The molecule has 23 heavy (non-hydrogen) atoms. The summed E-state index contributed by atoms with van der Waals surface area (Å²) in [7, 11) is 0. The van der Waals surface area contributed by atoms with Crippen molar-refractivity contribution in [3.63, 3.8) is 0 Å². The minimum atomic E-state index is 0.304. The van der Waals surface area contributed by atoms with Crippen LogP contribution in [0.4, 0.5) is 11.8 Å². The fraction of sp³-hybridized carbons (Fsp3) is 0.333. The van der Waals surface area contributed by atoms with Crippen molar-refractivity contribution in [1.29, 1.82) is 0 Å². The van der Waals surface area contributed by atoms with Crippen LogP contribution in [0.5, 0.6) is 0 Å². The van der Waals surface area contributed by atoms with Crippen LogP contribution < -0.4 is 10.6 Å². The standard InChI is InChI=1S/C18H23N5/c1-12(2)20-18-22-15-8-7-14(11-16(15)23-18)10-13(3)21-17-6-4-5-9-19-17/h4-9,11-13H,10H2,1-3H3,(H,19,21)(H2,20,22,23)/t13-/m0/s1. The molecule has 0 saturated carbocycles. The van der Waals surface area contributed by atoms with Gasteiger partial charge in [0.25, 0.3) is 0 Å². The van der Waals surface area contributed by atoms with Crippen molar-refractivity contribution in [1.82, 2.24) is 15.0 Å². The van der Waals surface area contributed by atoms with Gasteiger partial charge < -0.3 is 15.6 Å². The minimum absolute atomic E-state index is 0.304. The summed E-state index contributed by atoms with van der Waals surface area (Å²) in [6.45, 7) is 6.37. The lowest BCUT2D eigenvalue weighted by atomic mass is 10.1. The zero-order chi connectivity index (χ0) is 16.2. The highest BCUT2D eigenvalue weighted by Crippen LogP contribution is 2.18. The Morgan fingerprint density at radius 2 is 1.96 bits per heavy atom. The van der Waals surface area contributed by atoms with Crippen molar-refractivity contribution in [2.45, 2.75) is 39.3 Å². The molecule has 0 radical (unpaired) electrons. The van der Waals surface area contributed by atoms with E-state index in [2.05, 4.69) is 64.6 Å². The summed E-state index contributed by atoms with van der Waals surface area (Å²) in [5.74, 6) is 1.73. The molecule has 120 valence electrons. The van der Waals surface area contributed by atoms with Gasteiger partial charge in [-0.3, -0.25) is 0 Å². The van der Waals surface area contributed by atoms with Gasteiger partial charge >= 0.3 is 0 Å². The van der Waals surface area contributed by atoms with Gasteiger partial charge in [0, 0.05) is 18.3 Å². The number of aromatic amines is 1. The van der Waals surface area contributed by atoms with Crippen molar-refractivity contribution < 1.29 is 0 Å². The Morgan fingerprint density at radius 3 is 2.70 bits per heavy atom. The summed E-state index contributed by atoms with van der Waals surface area (Å²) < 4.78 is 0. The molecule has 0 fully saturated rings. The largest absolute Gasteiger partial charge is 0.367 e. The van der Waals surface area contributed by atoms with E-state index < -0.39 is 0 Å². The number of imidazole rings is 1. The zero-order valence-corrected chi connectivity index (χ0v) is 13.8. The molecule has 0 aliphatic carbocycles. The van der Waals surface area contributed by atoms with Crippen LogP contribution in [-0.4, -0.2) is 27.0 Å². The molecule has 1 aromatic carbocycles. The Bertz CT molecular complexity index is 763. The molecule has 5 heteroatoms. The number of hydrogen-bond acceptors (Lipinski definition) is 4. The fourth-order valence-corrected chi connectivity index (χ4v) is 2.63. The third-order valence-corrected chi connectivity index (χ3v) is 3.57. The average Bonchev–Trinajstić information content (AvgIpc) is 2.88. The van der Waals surface area contributed by atoms with Gasteiger partial charge in [-0.25, -0.2) is 9.97 Å². The van der Waals surface area contributed by atoms with Gasteiger partial charge in [0.15, 0.2) is 0 Å². The molecule has 2 aromatic heterocycles. The number of hydrogen-bond donors (Lipinski definition) is 3. The van der Waals surface area contributed by atoms with Crippen molar-refractivity contribution >= 4 is 22.8 Å². The Balaban J connectivity index is 1.70. The summed E-state index contributed by atoms with van der Waals surface area (Å²) in [4.78, 5) is 12.2. The maximum absolute atomic E-state index is 4.55. The highest BCUT2D eigenvalue weighted by molar-refractivity contribution is 5.78. The highest BCUT2D eigenvalue weighted by atomic mass is 15.1. The summed E-state index contributed by atoms with van der Waals surface area (Å²) in [5, 5.41) is 6.72.